The van der Waals surface area contributed by atoms with Gasteiger partial charge >= 0.3 is 0 Å². The van der Waals surface area contributed by atoms with Crippen LogP contribution in [-0.4, -0.2) is 9.55 Å². The third-order valence-corrected chi connectivity index (χ3v) is 2.44. The van der Waals surface area contributed by atoms with Gasteiger partial charge in [0.2, 0.25) is 0 Å². The van der Waals surface area contributed by atoms with E-state index in [1.54, 1.807) is 6.08 Å². The molecular weight excluding hydrogens is 196 g/mol. The Morgan fingerprint density at radius 3 is 2.88 bits per heavy atom. The van der Waals surface area contributed by atoms with Gasteiger partial charge in [-0.05, 0) is 25.1 Å². The van der Waals surface area contributed by atoms with Gasteiger partial charge < -0.3 is 0 Å². The van der Waals surface area contributed by atoms with E-state index in [0.29, 0.717) is 0 Å². The van der Waals surface area contributed by atoms with E-state index in [-0.39, 0.29) is 0 Å². The first-order valence-electron chi connectivity index (χ1n) is 5.16. The summed E-state index contributed by atoms with van der Waals surface area (Å²) in [6, 6.07) is 8.04. The molecule has 0 fully saturated rings. The summed E-state index contributed by atoms with van der Waals surface area (Å²) >= 11 is 0. The fourth-order valence-corrected chi connectivity index (χ4v) is 1.76. The third kappa shape index (κ3) is 1.70. The molecule has 2 rings (SSSR count). The molecule has 2 aromatic rings. The number of fused-ring (bicyclic) bond motifs is 1. The summed E-state index contributed by atoms with van der Waals surface area (Å²) in [7, 11) is 0. The van der Waals surface area contributed by atoms with E-state index >= 15 is 0 Å². The summed E-state index contributed by atoms with van der Waals surface area (Å²) in [6.07, 6.45) is 5.53. The largest absolute Gasteiger partial charge is 0.297 e. The zero-order valence-corrected chi connectivity index (χ0v) is 9.35. The van der Waals surface area contributed by atoms with Crippen molar-refractivity contribution in [3.63, 3.8) is 0 Å². The van der Waals surface area contributed by atoms with Gasteiger partial charge in [-0.3, -0.25) is 4.57 Å². The van der Waals surface area contributed by atoms with Crippen molar-refractivity contribution in [2.24, 2.45) is 0 Å². The van der Waals surface area contributed by atoms with Crippen LogP contribution in [0.2, 0.25) is 0 Å². The highest BCUT2D eigenvalue weighted by Gasteiger charge is 2.06. The first-order chi connectivity index (χ1) is 7.74. The number of hydrogen-bond acceptors (Lipinski definition) is 1. The maximum Gasteiger partial charge on any atom is 0.111 e. The number of aromatic nitrogens is 2. The second kappa shape index (κ2) is 4.19. The fraction of sp³-hybridized carbons (Fsp3) is 0.0714. The van der Waals surface area contributed by atoms with Crippen LogP contribution < -0.4 is 0 Å². The number of aryl methyl sites for hydroxylation is 1. The van der Waals surface area contributed by atoms with Crippen molar-refractivity contribution >= 4 is 16.7 Å². The molecule has 0 saturated heterocycles. The standard InChI is InChI=1S/C14H14N2/c1-4-5-8-11(2)16-12(3)15-13-9-6-7-10-14(13)16/h4-10H,1-2H2,3H3/b8-5-. The maximum atomic E-state index is 4.48. The second-order valence-corrected chi connectivity index (χ2v) is 3.57. The van der Waals surface area contributed by atoms with Crippen LogP contribution in [0.3, 0.4) is 0 Å². The van der Waals surface area contributed by atoms with E-state index in [9.17, 15) is 0 Å². The number of allylic oxidation sites excluding steroid dienone is 4. The molecule has 0 atom stereocenters. The van der Waals surface area contributed by atoms with Crippen molar-refractivity contribution in [1.29, 1.82) is 0 Å². The minimum absolute atomic E-state index is 0.895. The molecule has 2 heteroatoms. The lowest BCUT2D eigenvalue weighted by molar-refractivity contribution is 1.03. The first-order valence-corrected chi connectivity index (χ1v) is 5.16. The summed E-state index contributed by atoms with van der Waals surface area (Å²) in [6.45, 7) is 9.66. The van der Waals surface area contributed by atoms with Crippen LogP contribution in [0.1, 0.15) is 5.82 Å². The SMILES string of the molecule is C=C/C=C\C(=C)n1c(C)nc2ccccc21. The van der Waals surface area contributed by atoms with Crippen LogP contribution in [0.4, 0.5) is 0 Å². The van der Waals surface area contributed by atoms with E-state index in [0.717, 1.165) is 22.6 Å². The molecule has 2 nitrogen and oxygen atoms in total. The molecule has 0 bridgehead atoms. The van der Waals surface area contributed by atoms with Crippen molar-refractivity contribution in [2.75, 3.05) is 0 Å². The minimum atomic E-state index is 0.895. The molecule has 16 heavy (non-hydrogen) atoms. The predicted octanol–water partition coefficient (Wildman–Crippen LogP) is 3.56. The van der Waals surface area contributed by atoms with Crippen molar-refractivity contribution in [1.82, 2.24) is 9.55 Å². The summed E-state index contributed by atoms with van der Waals surface area (Å²) < 4.78 is 2.04. The highest BCUT2D eigenvalue weighted by Crippen LogP contribution is 2.19. The number of imidazole rings is 1. The van der Waals surface area contributed by atoms with E-state index in [1.165, 1.54) is 0 Å². The Bertz CT molecular complexity index is 573. The van der Waals surface area contributed by atoms with Gasteiger partial charge in [-0.2, -0.15) is 0 Å². The van der Waals surface area contributed by atoms with E-state index in [2.05, 4.69) is 18.1 Å². The molecule has 0 radical (unpaired) electrons. The van der Waals surface area contributed by atoms with E-state index in [4.69, 9.17) is 0 Å². The zero-order chi connectivity index (χ0) is 11.5. The number of rotatable bonds is 3. The molecule has 0 amide bonds. The number of nitrogens with zero attached hydrogens (tertiary/aromatic N) is 2. The van der Waals surface area contributed by atoms with Gasteiger partial charge in [-0.15, -0.1) is 0 Å². The Labute approximate surface area is 95.2 Å². The van der Waals surface area contributed by atoms with Gasteiger partial charge in [0.15, 0.2) is 0 Å². The van der Waals surface area contributed by atoms with Crippen LogP contribution in [0.15, 0.2) is 55.7 Å². The molecule has 0 unspecified atom stereocenters. The van der Waals surface area contributed by atoms with Gasteiger partial charge in [0.25, 0.3) is 0 Å². The summed E-state index contributed by atoms with van der Waals surface area (Å²) in [5.41, 5.74) is 2.97. The molecule has 0 saturated carbocycles. The Kier molecular flexibility index (Phi) is 2.73. The van der Waals surface area contributed by atoms with Gasteiger partial charge in [-0.1, -0.05) is 37.4 Å². The average Bonchev–Trinajstić information content (AvgIpc) is 2.62. The van der Waals surface area contributed by atoms with Crippen molar-refractivity contribution < 1.29 is 0 Å². The Morgan fingerprint density at radius 2 is 2.12 bits per heavy atom. The average molecular weight is 210 g/mol. The Morgan fingerprint density at radius 1 is 1.38 bits per heavy atom. The van der Waals surface area contributed by atoms with E-state index in [1.807, 2.05) is 47.9 Å². The minimum Gasteiger partial charge on any atom is -0.297 e. The first kappa shape index (κ1) is 10.4. The number of benzene rings is 1. The second-order valence-electron chi connectivity index (χ2n) is 3.57. The Hall–Kier alpha value is -2.09. The van der Waals surface area contributed by atoms with Crippen LogP contribution in [-0.2, 0) is 0 Å². The molecule has 0 spiro atoms. The number of hydrogen-bond donors (Lipinski definition) is 0. The van der Waals surface area contributed by atoms with Gasteiger partial charge in [0.05, 0.1) is 11.0 Å². The lowest BCUT2D eigenvalue weighted by Crippen LogP contribution is -1.95. The van der Waals surface area contributed by atoms with Crippen molar-refractivity contribution in [3.8, 4) is 0 Å². The summed E-state index contributed by atoms with van der Waals surface area (Å²) in [5.74, 6) is 0.944. The molecule has 0 aliphatic carbocycles. The molecule has 0 N–H and O–H groups in total. The molecule has 0 aliphatic heterocycles. The predicted molar refractivity (Wildman–Crippen MR) is 69.1 cm³/mol. The van der Waals surface area contributed by atoms with Crippen LogP contribution in [0.25, 0.3) is 16.7 Å². The van der Waals surface area contributed by atoms with Crippen molar-refractivity contribution in [2.45, 2.75) is 6.92 Å². The molecule has 1 aromatic carbocycles. The van der Waals surface area contributed by atoms with Crippen LogP contribution in [0, 0.1) is 6.92 Å². The lowest BCUT2D eigenvalue weighted by atomic mass is 10.3. The third-order valence-electron chi connectivity index (χ3n) is 2.44. The lowest BCUT2D eigenvalue weighted by Gasteiger charge is -2.05. The highest BCUT2D eigenvalue weighted by molar-refractivity contribution is 5.81. The van der Waals surface area contributed by atoms with E-state index < -0.39 is 0 Å². The quantitative estimate of drug-likeness (QED) is 0.708. The van der Waals surface area contributed by atoms with Gasteiger partial charge in [0.1, 0.15) is 5.82 Å². The summed E-state index contributed by atoms with van der Waals surface area (Å²) in [4.78, 5) is 4.48. The molecule has 1 aromatic heterocycles. The normalized spacial score (nSPS) is 11.1. The maximum absolute atomic E-state index is 4.48. The topological polar surface area (TPSA) is 17.8 Å². The zero-order valence-electron chi connectivity index (χ0n) is 9.35. The Balaban J connectivity index is 2.59. The fourth-order valence-electron chi connectivity index (χ4n) is 1.76. The molecular formula is C14H14N2. The molecule has 1 heterocycles. The van der Waals surface area contributed by atoms with Crippen LogP contribution >= 0.6 is 0 Å². The molecule has 80 valence electrons. The van der Waals surface area contributed by atoms with Crippen molar-refractivity contribution in [3.05, 3.63) is 61.5 Å². The smallest absolute Gasteiger partial charge is 0.111 e. The summed E-state index contributed by atoms with van der Waals surface area (Å²) in [5, 5.41) is 0. The monoisotopic (exact) mass is 210 g/mol. The van der Waals surface area contributed by atoms with Gasteiger partial charge in [0, 0.05) is 5.70 Å². The van der Waals surface area contributed by atoms with Crippen LogP contribution in [0.5, 0.6) is 0 Å². The highest BCUT2D eigenvalue weighted by atomic mass is 15.1. The van der Waals surface area contributed by atoms with Gasteiger partial charge in [-0.25, -0.2) is 4.98 Å². The number of para-hydroxylation sites is 2. The molecule has 0 aliphatic rings.